The van der Waals surface area contributed by atoms with Crippen LogP contribution in [0.2, 0.25) is 0 Å². The third kappa shape index (κ3) is 3.36. The summed E-state index contributed by atoms with van der Waals surface area (Å²) in [5.41, 5.74) is 1.78. The van der Waals surface area contributed by atoms with Gasteiger partial charge in [0.05, 0.1) is 24.0 Å². The molecule has 2 saturated heterocycles. The Hall–Kier alpha value is -1.76. The molecule has 6 heteroatoms. The Bertz CT molecular complexity index is 677. The predicted octanol–water partition coefficient (Wildman–Crippen LogP) is 2.26. The molecule has 0 spiro atoms. The van der Waals surface area contributed by atoms with Crippen LogP contribution in [-0.4, -0.2) is 59.0 Å². The Morgan fingerprint density at radius 1 is 1.29 bits per heavy atom. The first-order chi connectivity index (χ1) is 11.8. The van der Waals surface area contributed by atoms with Crippen molar-refractivity contribution < 1.29 is 9.53 Å². The van der Waals surface area contributed by atoms with E-state index in [1.807, 2.05) is 39.9 Å². The highest BCUT2D eigenvalue weighted by Crippen LogP contribution is 2.25. The lowest BCUT2D eigenvalue weighted by Gasteiger charge is -2.37. The minimum absolute atomic E-state index is 0.161. The van der Waals surface area contributed by atoms with Crippen molar-refractivity contribution in [1.82, 2.24) is 14.8 Å². The average Bonchev–Trinajstić information content (AvgIpc) is 3.29. The minimum atomic E-state index is 0.161. The van der Waals surface area contributed by atoms with Crippen LogP contribution in [0.4, 0.5) is 0 Å². The molecule has 0 aromatic carbocycles. The summed E-state index contributed by atoms with van der Waals surface area (Å²) in [4.78, 5) is 21.3. The van der Waals surface area contributed by atoms with E-state index in [4.69, 9.17) is 4.74 Å². The van der Waals surface area contributed by atoms with Crippen molar-refractivity contribution in [1.29, 1.82) is 0 Å². The van der Waals surface area contributed by atoms with Gasteiger partial charge in [-0.05, 0) is 30.0 Å². The topological polar surface area (TPSA) is 45.7 Å². The van der Waals surface area contributed by atoms with Crippen LogP contribution in [0, 0.1) is 0 Å². The van der Waals surface area contributed by atoms with Gasteiger partial charge in [0.25, 0.3) is 5.91 Å². The molecule has 2 aromatic rings. The van der Waals surface area contributed by atoms with Crippen LogP contribution in [0.15, 0.2) is 41.2 Å². The lowest BCUT2D eigenvalue weighted by Crippen LogP contribution is -2.52. The molecule has 4 rings (SSSR count). The van der Waals surface area contributed by atoms with E-state index >= 15 is 0 Å². The molecule has 2 aliphatic heterocycles. The molecule has 24 heavy (non-hydrogen) atoms. The number of amides is 1. The van der Waals surface area contributed by atoms with Crippen molar-refractivity contribution in [3.63, 3.8) is 0 Å². The second-order valence-corrected chi connectivity index (χ2v) is 7.18. The number of piperazine rings is 1. The predicted molar refractivity (Wildman–Crippen MR) is 93.0 cm³/mol. The molecule has 2 aromatic heterocycles. The number of rotatable bonds is 4. The van der Waals surface area contributed by atoms with Crippen LogP contribution >= 0.6 is 11.3 Å². The fourth-order valence-corrected chi connectivity index (χ4v) is 4.19. The van der Waals surface area contributed by atoms with Gasteiger partial charge in [-0.1, -0.05) is 6.07 Å². The van der Waals surface area contributed by atoms with Crippen LogP contribution in [0.25, 0.3) is 0 Å². The van der Waals surface area contributed by atoms with Crippen molar-refractivity contribution in [3.05, 3.63) is 52.5 Å². The fraction of sp³-hybridized carbons (Fsp3) is 0.444. The number of pyridine rings is 1. The van der Waals surface area contributed by atoms with Crippen molar-refractivity contribution in [2.45, 2.75) is 25.2 Å². The van der Waals surface area contributed by atoms with Gasteiger partial charge in [-0.25, -0.2) is 0 Å². The highest BCUT2D eigenvalue weighted by Gasteiger charge is 2.38. The second kappa shape index (κ2) is 7.01. The third-order valence-corrected chi connectivity index (χ3v) is 5.51. The number of carbonyl (C=O) groups is 1. The first kappa shape index (κ1) is 15.7. The quantitative estimate of drug-likeness (QED) is 0.854. The molecule has 126 valence electrons. The second-order valence-electron chi connectivity index (χ2n) is 6.40. The lowest BCUT2D eigenvalue weighted by atomic mass is 10.1. The van der Waals surface area contributed by atoms with E-state index in [1.54, 1.807) is 17.5 Å². The molecule has 2 fully saturated rings. The lowest BCUT2D eigenvalue weighted by molar-refractivity contribution is 0.0435. The Labute approximate surface area is 145 Å². The highest BCUT2D eigenvalue weighted by atomic mass is 32.1. The average molecular weight is 343 g/mol. The molecule has 5 nitrogen and oxygen atoms in total. The molecule has 0 N–H and O–H groups in total. The Morgan fingerprint density at radius 3 is 3.04 bits per heavy atom. The normalized spacial score (nSPS) is 24.1. The summed E-state index contributed by atoms with van der Waals surface area (Å²) in [7, 11) is 0. The van der Waals surface area contributed by atoms with E-state index in [0.717, 1.165) is 43.9 Å². The van der Waals surface area contributed by atoms with E-state index < -0.39 is 0 Å². The smallest absolute Gasteiger partial charge is 0.254 e. The van der Waals surface area contributed by atoms with Gasteiger partial charge in [0.15, 0.2) is 0 Å². The summed E-state index contributed by atoms with van der Waals surface area (Å²) in [6.45, 7) is 4.06. The SMILES string of the molecule is O=C(c1ccsc1)N1CCN2C[C@H](OCc3ccccn3)C[C@H]2C1. The van der Waals surface area contributed by atoms with E-state index in [2.05, 4.69) is 9.88 Å². The molecule has 0 radical (unpaired) electrons. The van der Waals surface area contributed by atoms with Gasteiger partial charge in [0, 0.05) is 43.8 Å². The number of thiophene rings is 1. The number of aromatic nitrogens is 1. The van der Waals surface area contributed by atoms with Crippen LogP contribution in [0.5, 0.6) is 0 Å². The Morgan fingerprint density at radius 2 is 2.25 bits per heavy atom. The Kier molecular flexibility index (Phi) is 4.60. The zero-order valence-corrected chi connectivity index (χ0v) is 14.3. The maximum absolute atomic E-state index is 12.5. The summed E-state index contributed by atoms with van der Waals surface area (Å²) < 4.78 is 6.04. The van der Waals surface area contributed by atoms with Gasteiger partial charge in [-0.2, -0.15) is 11.3 Å². The van der Waals surface area contributed by atoms with Crippen LogP contribution < -0.4 is 0 Å². The van der Waals surface area contributed by atoms with Gasteiger partial charge in [0.1, 0.15) is 0 Å². The summed E-state index contributed by atoms with van der Waals surface area (Å²) >= 11 is 1.57. The fourth-order valence-electron chi connectivity index (χ4n) is 3.56. The molecule has 4 heterocycles. The van der Waals surface area contributed by atoms with E-state index in [9.17, 15) is 4.79 Å². The van der Waals surface area contributed by atoms with E-state index in [1.165, 1.54) is 0 Å². The summed E-state index contributed by atoms with van der Waals surface area (Å²) in [6.07, 6.45) is 3.01. The van der Waals surface area contributed by atoms with Crippen LogP contribution in [0.3, 0.4) is 0 Å². The Balaban J connectivity index is 1.32. The zero-order chi connectivity index (χ0) is 16.4. The van der Waals surface area contributed by atoms with Gasteiger partial charge in [-0.3, -0.25) is 14.7 Å². The summed E-state index contributed by atoms with van der Waals surface area (Å²) in [5.74, 6) is 0.161. The minimum Gasteiger partial charge on any atom is -0.371 e. The molecule has 1 amide bonds. The largest absolute Gasteiger partial charge is 0.371 e. The van der Waals surface area contributed by atoms with E-state index in [-0.39, 0.29) is 12.0 Å². The van der Waals surface area contributed by atoms with E-state index in [0.29, 0.717) is 12.6 Å². The van der Waals surface area contributed by atoms with Crippen LogP contribution in [0.1, 0.15) is 22.5 Å². The molecule has 0 aliphatic carbocycles. The third-order valence-electron chi connectivity index (χ3n) is 4.83. The summed E-state index contributed by atoms with van der Waals surface area (Å²) in [5, 5.41) is 3.89. The monoisotopic (exact) mass is 343 g/mol. The molecule has 2 atom stereocenters. The first-order valence-electron chi connectivity index (χ1n) is 8.36. The van der Waals surface area contributed by atoms with Crippen LogP contribution in [-0.2, 0) is 11.3 Å². The van der Waals surface area contributed by atoms with Crippen molar-refractivity contribution in [2.75, 3.05) is 26.2 Å². The molecule has 0 unspecified atom stereocenters. The molecule has 0 saturated carbocycles. The number of nitrogens with zero attached hydrogens (tertiary/aromatic N) is 3. The van der Waals surface area contributed by atoms with Gasteiger partial charge < -0.3 is 9.64 Å². The standard InChI is InChI=1S/C18H21N3O2S/c22-18(14-4-8-24-13-14)21-7-6-20-11-17(9-16(20)10-21)23-12-15-3-1-2-5-19-15/h1-5,8,13,16-17H,6-7,9-12H2/t16-,17+/m0/s1. The zero-order valence-electron chi connectivity index (χ0n) is 13.5. The van der Waals surface area contributed by atoms with Crippen molar-refractivity contribution in [2.24, 2.45) is 0 Å². The van der Waals surface area contributed by atoms with Gasteiger partial charge in [-0.15, -0.1) is 0 Å². The number of hydrogen-bond donors (Lipinski definition) is 0. The number of ether oxygens (including phenoxy) is 1. The van der Waals surface area contributed by atoms with Crippen molar-refractivity contribution in [3.8, 4) is 0 Å². The molecular formula is C18H21N3O2S. The maximum atomic E-state index is 12.5. The van der Waals surface area contributed by atoms with Gasteiger partial charge >= 0.3 is 0 Å². The molecule has 2 aliphatic rings. The maximum Gasteiger partial charge on any atom is 0.254 e. The summed E-state index contributed by atoms with van der Waals surface area (Å²) in [6, 6.07) is 8.21. The first-order valence-corrected chi connectivity index (χ1v) is 9.31. The van der Waals surface area contributed by atoms with Gasteiger partial charge in [0.2, 0.25) is 0 Å². The number of hydrogen-bond acceptors (Lipinski definition) is 5. The highest BCUT2D eigenvalue weighted by molar-refractivity contribution is 7.08. The molecular weight excluding hydrogens is 322 g/mol. The molecule has 0 bridgehead atoms. The number of fused-ring (bicyclic) bond motifs is 1. The number of carbonyl (C=O) groups excluding carboxylic acids is 1. The van der Waals surface area contributed by atoms with Crippen molar-refractivity contribution >= 4 is 17.2 Å².